The van der Waals surface area contributed by atoms with Gasteiger partial charge in [0.1, 0.15) is 11.2 Å². The highest BCUT2D eigenvalue weighted by Gasteiger charge is 2.51. The number of aliphatic hydroxyl groups is 1. The van der Waals surface area contributed by atoms with E-state index in [4.69, 9.17) is 14.2 Å². The van der Waals surface area contributed by atoms with E-state index < -0.39 is 59.4 Å². The molecule has 0 spiro atoms. The lowest BCUT2D eigenvalue weighted by Crippen LogP contribution is -2.52. The quantitative estimate of drug-likeness (QED) is 0.165. The van der Waals surface area contributed by atoms with Crippen LogP contribution in [0.15, 0.2) is 4.99 Å². The number of guanidine groups is 1. The molecule has 0 aromatic heterocycles. The molecule has 38 heavy (non-hydrogen) atoms. The summed E-state index contributed by atoms with van der Waals surface area (Å²) in [6, 6.07) is -1.32. The van der Waals surface area contributed by atoms with Gasteiger partial charge < -0.3 is 24.6 Å². The molecule has 4 N–H and O–H groups in total. The Hall–Kier alpha value is -2.89. The first-order chi connectivity index (χ1) is 17.4. The zero-order chi connectivity index (χ0) is 29.4. The van der Waals surface area contributed by atoms with Gasteiger partial charge in [-0.25, -0.2) is 14.6 Å². The fourth-order valence-corrected chi connectivity index (χ4v) is 4.65. The fraction of sp³-hybridized carbons (Fsp3) is 0.808. The van der Waals surface area contributed by atoms with Crippen LogP contribution in [0.4, 0.5) is 9.59 Å². The number of hydrogen-bond donors (Lipinski definition) is 4. The normalized spacial score (nSPS) is 22.2. The number of amides is 3. The molecule has 218 valence electrons. The molecule has 0 saturated heterocycles. The molecule has 0 aromatic carbocycles. The van der Waals surface area contributed by atoms with Crippen LogP contribution < -0.4 is 16.0 Å². The maximum absolute atomic E-state index is 12.6. The average Bonchev–Trinajstić information content (AvgIpc) is 3.05. The van der Waals surface area contributed by atoms with Gasteiger partial charge in [0.25, 0.3) is 0 Å². The van der Waals surface area contributed by atoms with Crippen molar-refractivity contribution in [1.82, 2.24) is 16.0 Å². The summed E-state index contributed by atoms with van der Waals surface area (Å²) in [7, 11) is 1.23. The van der Waals surface area contributed by atoms with Crippen LogP contribution in [0.25, 0.3) is 0 Å². The minimum atomic E-state index is -1.20. The van der Waals surface area contributed by atoms with Crippen molar-refractivity contribution in [3.63, 3.8) is 0 Å². The second-order valence-corrected chi connectivity index (χ2v) is 11.5. The summed E-state index contributed by atoms with van der Waals surface area (Å²) >= 11 is 0. The monoisotopic (exact) mass is 542 g/mol. The van der Waals surface area contributed by atoms with Gasteiger partial charge in [-0.3, -0.25) is 20.2 Å². The molecule has 0 bridgehead atoms. The lowest BCUT2D eigenvalue weighted by atomic mass is 9.80. The first-order valence-corrected chi connectivity index (χ1v) is 13.0. The highest BCUT2D eigenvalue weighted by molar-refractivity contribution is 6.01. The van der Waals surface area contributed by atoms with Crippen LogP contribution in [0.5, 0.6) is 0 Å². The van der Waals surface area contributed by atoms with Crippen LogP contribution in [-0.2, 0) is 23.8 Å². The van der Waals surface area contributed by atoms with Gasteiger partial charge in [0.05, 0.1) is 25.2 Å². The molecule has 12 nitrogen and oxygen atoms in total. The van der Waals surface area contributed by atoms with Crippen molar-refractivity contribution in [2.75, 3.05) is 7.11 Å². The van der Waals surface area contributed by atoms with Crippen molar-refractivity contribution in [2.45, 2.75) is 111 Å². The largest absolute Gasteiger partial charge is 0.469 e. The topological polar surface area (TPSA) is 165 Å². The molecule has 1 fully saturated rings. The molecule has 1 rings (SSSR count). The third-order valence-electron chi connectivity index (χ3n) is 6.13. The van der Waals surface area contributed by atoms with Crippen LogP contribution in [0, 0.1) is 17.8 Å². The minimum Gasteiger partial charge on any atom is -0.469 e. The number of aliphatic imine (C=N–C) groups is 1. The summed E-state index contributed by atoms with van der Waals surface area (Å²) in [5.74, 6) is -2.86. The lowest BCUT2D eigenvalue weighted by Gasteiger charge is -2.35. The number of alkyl carbamates (subject to hydrolysis) is 2. The Morgan fingerprint density at radius 1 is 0.947 bits per heavy atom. The van der Waals surface area contributed by atoms with E-state index in [9.17, 15) is 24.3 Å². The Balaban J connectivity index is 3.56. The van der Waals surface area contributed by atoms with E-state index in [0.29, 0.717) is 12.8 Å². The van der Waals surface area contributed by atoms with Gasteiger partial charge in [-0.2, -0.15) is 0 Å². The number of aliphatic hydroxyl groups excluding tert-OH is 1. The van der Waals surface area contributed by atoms with Crippen molar-refractivity contribution < 1.29 is 38.5 Å². The van der Waals surface area contributed by atoms with Crippen molar-refractivity contribution in [3.05, 3.63) is 0 Å². The third-order valence-corrected chi connectivity index (χ3v) is 6.13. The standard InChI is InChI=1S/C26H46N4O8/c1-11-15(12-2)19(27-14(3)31)18-17(13-16(20(18)32)21(33)36-10)28-22(29-23(34)37-25(4,5)6)30-24(35)38-26(7,8)9/h15-20,32H,11-13H2,1-10H3,(H,27,31)(H2,28,29,30,34,35)/t16-,17+,18?,19-,20+/m0/s1. The third kappa shape index (κ3) is 10.5. The Morgan fingerprint density at radius 3 is 1.79 bits per heavy atom. The molecule has 0 aromatic rings. The molecular formula is C26H46N4O8. The molecule has 3 amide bonds. The van der Waals surface area contributed by atoms with E-state index in [2.05, 4.69) is 20.9 Å². The van der Waals surface area contributed by atoms with Crippen LogP contribution in [0.1, 0.15) is 81.6 Å². The van der Waals surface area contributed by atoms with Crippen molar-refractivity contribution >= 4 is 30.0 Å². The Morgan fingerprint density at radius 2 is 1.42 bits per heavy atom. The number of methoxy groups -OCH3 is 1. The first-order valence-electron chi connectivity index (χ1n) is 13.0. The lowest BCUT2D eigenvalue weighted by molar-refractivity contribution is -0.149. The number of esters is 1. The van der Waals surface area contributed by atoms with Crippen LogP contribution in [0.2, 0.25) is 0 Å². The Kier molecular flexibility index (Phi) is 12.0. The van der Waals surface area contributed by atoms with E-state index in [1.54, 1.807) is 41.5 Å². The van der Waals surface area contributed by atoms with E-state index >= 15 is 0 Å². The second kappa shape index (κ2) is 13.8. The van der Waals surface area contributed by atoms with Gasteiger partial charge in [-0.05, 0) is 53.9 Å². The molecule has 0 radical (unpaired) electrons. The first kappa shape index (κ1) is 33.1. The van der Waals surface area contributed by atoms with Gasteiger partial charge in [-0.1, -0.05) is 26.7 Å². The minimum absolute atomic E-state index is 0.0336. The molecular weight excluding hydrogens is 496 g/mol. The van der Waals surface area contributed by atoms with Gasteiger partial charge >= 0.3 is 18.2 Å². The summed E-state index contributed by atoms with van der Waals surface area (Å²) < 4.78 is 15.5. The number of carbonyl (C=O) groups is 4. The van der Waals surface area contributed by atoms with Crippen molar-refractivity contribution in [3.8, 4) is 0 Å². The van der Waals surface area contributed by atoms with Gasteiger partial charge in [0.15, 0.2) is 0 Å². The number of hydrogen-bond acceptors (Lipinski definition) is 9. The van der Waals surface area contributed by atoms with E-state index in [0.717, 1.165) is 0 Å². The molecule has 1 unspecified atom stereocenters. The van der Waals surface area contributed by atoms with E-state index in [1.165, 1.54) is 14.0 Å². The summed E-state index contributed by atoms with van der Waals surface area (Å²) in [4.78, 5) is 54.4. The fourth-order valence-electron chi connectivity index (χ4n) is 4.65. The predicted molar refractivity (Wildman–Crippen MR) is 141 cm³/mol. The predicted octanol–water partition coefficient (Wildman–Crippen LogP) is 2.87. The number of nitrogens with one attached hydrogen (secondary N) is 3. The van der Waals surface area contributed by atoms with Crippen LogP contribution >= 0.6 is 0 Å². The summed E-state index contributed by atoms with van der Waals surface area (Å²) in [5, 5.41) is 19.1. The Bertz CT molecular complexity index is 841. The van der Waals surface area contributed by atoms with Crippen molar-refractivity contribution in [2.24, 2.45) is 22.7 Å². The number of rotatable bonds is 7. The van der Waals surface area contributed by atoms with Gasteiger partial charge in [-0.15, -0.1) is 0 Å². The molecule has 1 aliphatic rings. The molecule has 12 heteroatoms. The summed E-state index contributed by atoms with van der Waals surface area (Å²) in [6.07, 6.45) is -1.48. The molecule has 1 saturated carbocycles. The average molecular weight is 543 g/mol. The highest BCUT2D eigenvalue weighted by atomic mass is 16.6. The second-order valence-electron chi connectivity index (χ2n) is 11.5. The molecule has 0 aliphatic heterocycles. The molecule has 5 atom stereocenters. The number of nitrogens with zero attached hydrogens (tertiary/aromatic N) is 1. The zero-order valence-corrected chi connectivity index (χ0v) is 24.3. The number of ether oxygens (including phenoxy) is 3. The smallest absolute Gasteiger partial charge is 0.414 e. The Labute approximate surface area is 225 Å². The highest BCUT2D eigenvalue weighted by Crippen LogP contribution is 2.40. The summed E-state index contributed by atoms with van der Waals surface area (Å²) in [6.45, 7) is 15.4. The van der Waals surface area contributed by atoms with Gasteiger partial charge in [0, 0.05) is 18.9 Å². The summed E-state index contributed by atoms with van der Waals surface area (Å²) in [5.41, 5.74) is -1.65. The zero-order valence-electron chi connectivity index (χ0n) is 24.3. The van der Waals surface area contributed by atoms with Gasteiger partial charge in [0.2, 0.25) is 11.9 Å². The number of carbonyl (C=O) groups excluding carboxylic acids is 4. The maximum atomic E-state index is 12.6. The van der Waals surface area contributed by atoms with E-state index in [-0.39, 0.29) is 24.2 Å². The SMILES string of the molecule is CCC(CC)[C@H](NC(C)=O)C1[C@H](N=C(NC(=O)OC(C)(C)C)NC(=O)OC(C)(C)C)C[C@H](C(=O)OC)[C@H]1O. The molecule has 0 heterocycles. The van der Waals surface area contributed by atoms with E-state index in [1.807, 2.05) is 13.8 Å². The van der Waals surface area contributed by atoms with Crippen molar-refractivity contribution in [1.29, 1.82) is 0 Å². The van der Waals surface area contributed by atoms with Crippen LogP contribution in [-0.4, -0.2) is 71.6 Å². The maximum Gasteiger partial charge on any atom is 0.414 e. The molecule has 1 aliphatic carbocycles. The van der Waals surface area contributed by atoms with Crippen LogP contribution in [0.3, 0.4) is 0 Å².